The van der Waals surface area contributed by atoms with E-state index in [1.54, 1.807) is 0 Å². The van der Waals surface area contributed by atoms with E-state index in [1.165, 1.54) is 6.08 Å². The number of hydrogen-bond donors (Lipinski definition) is 0. The van der Waals surface area contributed by atoms with Gasteiger partial charge < -0.3 is 4.74 Å². The van der Waals surface area contributed by atoms with Crippen LogP contribution < -0.4 is 0 Å². The SMILES string of the molecule is C=CCOC(=O)C#Cc1ccccc1. The quantitative estimate of drug-likeness (QED) is 0.399. The third kappa shape index (κ3) is 3.59. The highest BCUT2D eigenvalue weighted by Gasteiger charge is 1.92. The molecule has 14 heavy (non-hydrogen) atoms. The van der Waals surface area contributed by atoms with Crippen molar-refractivity contribution < 1.29 is 9.53 Å². The lowest BCUT2D eigenvalue weighted by atomic mass is 10.2. The predicted molar refractivity (Wildman–Crippen MR) is 54.5 cm³/mol. The van der Waals surface area contributed by atoms with Crippen LogP contribution in [-0.2, 0) is 9.53 Å². The summed E-state index contributed by atoms with van der Waals surface area (Å²) in [6, 6.07) is 9.26. The minimum Gasteiger partial charge on any atom is -0.452 e. The molecular weight excluding hydrogens is 176 g/mol. The monoisotopic (exact) mass is 186 g/mol. The molecule has 0 saturated heterocycles. The molecule has 0 amide bonds. The molecule has 2 nitrogen and oxygen atoms in total. The minimum absolute atomic E-state index is 0.197. The van der Waals surface area contributed by atoms with Gasteiger partial charge in [-0.2, -0.15) is 0 Å². The number of ether oxygens (including phenoxy) is 1. The first-order valence-electron chi connectivity index (χ1n) is 4.17. The summed E-state index contributed by atoms with van der Waals surface area (Å²) in [6.07, 6.45) is 1.50. The Morgan fingerprint density at radius 2 is 2.14 bits per heavy atom. The molecule has 0 saturated carbocycles. The van der Waals surface area contributed by atoms with E-state index >= 15 is 0 Å². The maximum Gasteiger partial charge on any atom is 0.385 e. The second-order valence-corrected chi connectivity index (χ2v) is 2.50. The summed E-state index contributed by atoms with van der Waals surface area (Å²) in [5, 5.41) is 0. The minimum atomic E-state index is -0.534. The van der Waals surface area contributed by atoms with E-state index in [0.29, 0.717) is 0 Å². The molecule has 1 aromatic carbocycles. The van der Waals surface area contributed by atoms with E-state index in [9.17, 15) is 4.79 Å². The van der Waals surface area contributed by atoms with Crippen LogP contribution in [0.15, 0.2) is 43.0 Å². The first-order chi connectivity index (χ1) is 6.83. The van der Waals surface area contributed by atoms with Crippen LogP contribution in [0.2, 0.25) is 0 Å². The predicted octanol–water partition coefficient (Wildman–Crippen LogP) is 1.77. The van der Waals surface area contributed by atoms with Crippen LogP contribution in [0.5, 0.6) is 0 Å². The second kappa shape index (κ2) is 5.60. The van der Waals surface area contributed by atoms with Crippen molar-refractivity contribution in [2.75, 3.05) is 6.61 Å². The lowest BCUT2D eigenvalue weighted by Gasteiger charge is -1.92. The van der Waals surface area contributed by atoms with E-state index in [1.807, 2.05) is 30.3 Å². The lowest BCUT2D eigenvalue weighted by molar-refractivity contribution is -0.135. The Balaban J connectivity index is 2.55. The molecule has 0 radical (unpaired) electrons. The Hall–Kier alpha value is -2.01. The second-order valence-electron chi connectivity index (χ2n) is 2.50. The molecule has 0 spiro atoms. The highest BCUT2D eigenvalue weighted by Crippen LogP contribution is 1.94. The van der Waals surface area contributed by atoms with Gasteiger partial charge in [-0.1, -0.05) is 36.8 Å². The molecule has 0 heterocycles. The van der Waals surface area contributed by atoms with Gasteiger partial charge in [0.25, 0.3) is 0 Å². The fourth-order valence-electron chi connectivity index (χ4n) is 0.815. The number of hydrogen-bond acceptors (Lipinski definition) is 2. The average Bonchev–Trinajstić information content (AvgIpc) is 2.25. The number of rotatable bonds is 2. The lowest BCUT2D eigenvalue weighted by Crippen LogP contribution is -2.00. The molecule has 0 aliphatic heterocycles. The third-order valence-corrected chi connectivity index (χ3v) is 1.41. The van der Waals surface area contributed by atoms with Crippen LogP contribution in [-0.4, -0.2) is 12.6 Å². The Bertz CT molecular complexity index is 368. The largest absolute Gasteiger partial charge is 0.452 e. The molecule has 1 rings (SSSR count). The summed E-state index contributed by atoms with van der Waals surface area (Å²) in [7, 11) is 0. The first kappa shape index (κ1) is 10.1. The maximum atomic E-state index is 10.9. The highest BCUT2D eigenvalue weighted by atomic mass is 16.5. The summed E-state index contributed by atoms with van der Waals surface area (Å²) in [6.45, 7) is 3.62. The summed E-state index contributed by atoms with van der Waals surface area (Å²) in [4.78, 5) is 10.9. The third-order valence-electron chi connectivity index (χ3n) is 1.41. The van der Waals surface area contributed by atoms with E-state index in [-0.39, 0.29) is 6.61 Å². The fourth-order valence-corrected chi connectivity index (χ4v) is 0.815. The highest BCUT2D eigenvalue weighted by molar-refractivity contribution is 5.89. The first-order valence-corrected chi connectivity index (χ1v) is 4.17. The van der Waals surface area contributed by atoms with Gasteiger partial charge in [0.05, 0.1) is 0 Å². The van der Waals surface area contributed by atoms with Gasteiger partial charge in [0, 0.05) is 11.5 Å². The Kier molecular flexibility index (Phi) is 4.03. The van der Waals surface area contributed by atoms with Crippen molar-refractivity contribution >= 4 is 5.97 Å². The van der Waals surface area contributed by atoms with E-state index in [4.69, 9.17) is 0 Å². The summed E-state index contributed by atoms with van der Waals surface area (Å²) < 4.78 is 4.68. The van der Waals surface area contributed by atoms with Gasteiger partial charge in [-0.25, -0.2) is 4.79 Å². The molecule has 2 heteroatoms. The normalized spacial score (nSPS) is 8.29. The van der Waals surface area contributed by atoms with Crippen LogP contribution >= 0.6 is 0 Å². The molecule has 70 valence electrons. The van der Waals surface area contributed by atoms with Crippen molar-refractivity contribution in [1.29, 1.82) is 0 Å². The van der Waals surface area contributed by atoms with Crippen LogP contribution in [0, 0.1) is 11.8 Å². The van der Waals surface area contributed by atoms with Crippen LogP contribution in [0.3, 0.4) is 0 Å². The zero-order valence-electron chi connectivity index (χ0n) is 7.69. The number of benzene rings is 1. The van der Waals surface area contributed by atoms with Gasteiger partial charge in [-0.05, 0) is 12.1 Å². The van der Waals surface area contributed by atoms with Gasteiger partial charge in [-0.15, -0.1) is 0 Å². The summed E-state index contributed by atoms with van der Waals surface area (Å²) in [5.41, 5.74) is 0.794. The van der Waals surface area contributed by atoms with Crippen LogP contribution in [0.25, 0.3) is 0 Å². The molecule has 0 aliphatic carbocycles. The zero-order valence-corrected chi connectivity index (χ0v) is 7.69. The molecule has 0 aromatic heterocycles. The van der Waals surface area contributed by atoms with Crippen molar-refractivity contribution in [1.82, 2.24) is 0 Å². The van der Waals surface area contributed by atoms with Crippen LogP contribution in [0.1, 0.15) is 5.56 Å². The van der Waals surface area contributed by atoms with Gasteiger partial charge in [0.15, 0.2) is 0 Å². The van der Waals surface area contributed by atoms with Crippen molar-refractivity contribution in [3.8, 4) is 11.8 Å². The number of carbonyl (C=O) groups excluding carboxylic acids is 1. The van der Waals surface area contributed by atoms with Crippen molar-refractivity contribution in [3.63, 3.8) is 0 Å². The Morgan fingerprint density at radius 3 is 2.79 bits per heavy atom. The molecule has 0 atom stereocenters. The van der Waals surface area contributed by atoms with E-state index in [2.05, 4.69) is 23.2 Å². The summed E-state index contributed by atoms with van der Waals surface area (Å²) >= 11 is 0. The van der Waals surface area contributed by atoms with Crippen molar-refractivity contribution in [2.45, 2.75) is 0 Å². The number of carbonyl (C=O) groups is 1. The molecule has 1 aromatic rings. The average molecular weight is 186 g/mol. The summed E-state index contributed by atoms with van der Waals surface area (Å²) in [5.74, 6) is 4.54. The molecule has 0 bridgehead atoms. The topological polar surface area (TPSA) is 26.3 Å². The molecule has 0 aliphatic rings. The van der Waals surface area contributed by atoms with Gasteiger partial charge in [0.1, 0.15) is 6.61 Å². The van der Waals surface area contributed by atoms with E-state index in [0.717, 1.165) is 5.56 Å². The molecule has 0 unspecified atom stereocenters. The van der Waals surface area contributed by atoms with E-state index < -0.39 is 5.97 Å². The van der Waals surface area contributed by atoms with Crippen molar-refractivity contribution in [3.05, 3.63) is 48.6 Å². The van der Waals surface area contributed by atoms with Gasteiger partial charge in [-0.3, -0.25) is 0 Å². The molecule has 0 fully saturated rings. The van der Waals surface area contributed by atoms with Gasteiger partial charge >= 0.3 is 5.97 Å². The van der Waals surface area contributed by atoms with Gasteiger partial charge in [0.2, 0.25) is 0 Å². The standard InChI is InChI=1S/C12H10O2/c1-2-10-14-12(13)9-8-11-6-4-3-5-7-11/h2-7H,1,10H2. The zero-order chi connectivity index (χ0) is 10.2. The Morgan fingerprint density at radius 1 is 1.43 bits per heavy atom. The number of esters is 1. The smallest absolute Gasteiger partial charge is 0.385 e. The molecule has 0 N–H and O–H groups in total. The van der Waals surface area contributed by atoms with Crippen molar-refractivity contribution in [2.24, 2.45) is 0 Å². The Labute approximate surface area is 83.2 Å². The molecular formula is C12H10O2. The van der Waals surface area contributed by atoms with Crippen LogP contribution in [0.4, 0.5) is 0 Å². The maximum absolute atomic E-state index is 10.9. The fraction of sp³-hybridized carbons (Fsp3) is 0.0833.